The summed E-state index contributed by atoms with van der Waals surface area (Å²) < 4.78 is 51.3. The van der Waals surface area contributed by atoms with Crippen molar-refractivity contribution in [1.29, 1.82) is 0 Å². The van der Waals surface area contributed by atoms with E-state index in [2.05, 4.69) is 5.32 Å². The highest BCUT2D eigenvalue weighted by Gasteiger charge is 2.49. The van der Waals surface area contributed by atoms with E-state index in [4.69, 9.17) is 0 Å². The van der Waals surface area contributed by atoms with Crippen molar-refractivity contribution in [3.8, 4) is 0 Å². The highest BCUT2D eigenvalue weighted by atomic mass is 19.3. The molecule has 1 aliphatic heterocycles. The second kappa shape index (κ2) is 6.62. The number of nitrogens with one attached hydrogen (secondary N) is 1. The number of rotatable bonds is 6. The molecule has 1 rings (SSSR count). The highest BCUT2D eigenvalue weighted by Crippen LogP contribution is 2.28. The van der Waals surface area contributed by atoms with Crippen LogP contribution in [0.4, 0.5) is 17.6 Å². The molecule has 1 aliphatic rings. The van der Waals surface area contributed by atoms with Crippen molar-refractivity contribution in [3.63, 3.8) is 0 Å². The van der Waals surface area contributed by atoms with Crippen LogP contribution in [0.1, 0.15) is 33.6 Å². The maximum absolute atomic E-state index is 13.3. The van der Waals surface area contributed by atoms with Crippen molar-refractivity contribution in [1.82, 2.24) is 10.2 Å². The molecular formula is C13H20F4N2O2. The molecule has 0 aromatic heterocycles. The first-order chi connectivity index (χ1) is 9.65. The van der Waals surface area contributed by atoms with Gasteiger partial charge in [-0.1, -0.05) is 27.2 Å². The molecule has 0 aromatic rings. The molecule has 1 fully saturated rings. The van der Waals surface area contributed by atoms with Crippen molar-refractivity contribution in [2.45, 2.75) is 58.0 Å². The van der Waals surface area contributed by atoms with Crippen LogP contribution in [-0.2, 0) is 9.59 Å². The fourth-order valence-electron chi connectivity index (χ4n) is 2.30. The Labute approximate surface area is 120 Å². The first-order valence-corrected chi connectivity index (χ1v) is 6.92. The van der Waals surface area contributed by atoms with E-state index < -0.39 is 42.8 Å². The van der Waals surface area contributed by atoms with Crippen molar-refractivity contribution >= 4 is 11.8 Å². The summed E-state index contributed by atoms with van der Waals surface area (Å²) in [5.74, 6) is -5.90. The number of halogens is 4. The standard InChI is InChI=1S/C13H20F4N2O2/c1-4-7(3)9-11(21)19(6-13(16,17)12(14)15)8(5-2)10(20)18-9/h7-9,12H,4-6H2,1-3H3,(H,18,20). The fourth-order valence-corrected chi connectivity index (χ4v) is 2.30. The van der Waals surface area contributed by atoms with Gasteiger partial charge in [0.1, 0.15) is 12.1 Å². The Morgan fingerprint density at radius 2 is 1.86 bits per heavy atom. The second-order valence-corrected chi connectivity index (χ2v) is 5.32. The molecule has 0 saturated carbocycles. The zero-order valence-electron chi connectivity index (χ0n) is 12.2. The normalized spacial score (nSPS) is 25.2. The largest absolute Gasteiger partial charge is 0.342 e. The lowest BCUT2D eigenvalue weighted by Gasteiger charge is -2.41. The van der Waals surface area contributed by atoms with E-state index in [1.54, 1.807) is 13.8 Å². The average molecular weight is 312 g/mol. The van der Waals surface area contributed by atoms with E-state index in [1.807, 2.05) is 0 Å². The molecule has 1 saturated heterocycles. The molecule has 0 aliphatic carbocycles. The van der Waals surface area contributed by atoms with Crippen LogP contribution in [-0.4, -0.2) is 47.7 Å². The van der Waals surface area contributed by atoms with Gasteiger partial charge in [0, 0.05) is 0 Å². The third-order valence-electron chi connectivity index (χ3n) is 3.83. The van der Waals surface area contributed by atoms with E-state index >= 15 is 0 Å². The Hall–Kier alpha value is -1.34. The Morgan fingerprint density at radius 1 is 1.29 bits per heavy atom. The van der Waals surface area contributed by atoms with E-state index in [9.17, 15) is 27.2 Å². The molecule has 0 aromatic carbocycles. The first-order valence-electron chi connectivity index (χ1n) is 6.92. The van der Waals surface area contributed by atoms with Gasteiger partial charge in [0.15, 0.2) is 0 Å². The number of hydrogen-bond donors (Lipinski definition) is 1. The number of nitrogens with zero attached hydrogens (tertiary/aromatic N) is 1. The lowest BCUT2D eigenvalue weighted by atomic mass is 9.93. The molecule has 3 atom stereocenters. The predicted octanol–water partition coefficient (Wildman–Crippen LogP) is 2.04. The van der Waals surface area contributed by atoms with Gasteiger partial charge in [0.05, 0.1) is 6.54 Å². The monoisotopic (exact) mass is 312 g/mol. The average Bonchev–Trinajstić information content (AvgIpc) is 2.41. The molecule has 0 bridgehead atoms. The van der Waals surface area contributed by atoms with Crippen LogP contribution in [0.3, 0.4) is 0 Å². The van der Waals surface area contributed by atoms with Crippen molar-refractivity contribution in [2.75, 3.05) is 6.54 Å². The summed E-state index contributed by atoms with van der Waals surface area (Å²) in [6.45, 7) is 3.57. The lowest BCUT2D eigenvalue weighted by molar-refractivity contribution is -0.171. The van der Waals surface area contributed by atoms with Gasteiger partial charge < -0.3 is 10.2 Å². The Kier molecular flexibility index (Phi) is 5.58. The molecule has 3 unspecified atom stereocenters. The van der Waals surface area contributed by atoms with E-state index in [1.165, 1.54) is 6.92 Å². The molecule has 122 valence electrons. The molecule has 2 amide bonds. The summed E-state index contributed by atoms with van der Waals surface area (Å²) >= 11 is 0. The van der Waals surface area contributed by atoms with E-state index in [-0.39, 0.29) is 12.3 Å². The smallest absolute Gasteiger partial charge is 0.324 e. The van der Waals surface area contributed by atoms with Gasteiger partial charge >= 0.3 is 12.3 Å². The molecule has 0 radical (unpaired) electrons. The Bertz CT molecular complexity index is 404. The summed E-state index contributed by atoms with van der Waals surface area (Å²) in [7, 11) is 0. The van der Waals surface area contributed by atoms with Crippen LogP contribution in [0.15, 0.2) is 0 Å². The number of amides is 2. The molecule has 0 spiro atoms. The Morgan fingerprint density at radius 3 is 2.29 bits per heavy atom. The summed E-state index contributed by atoms with van der Waals surface area (Å²) in [5, 5.41) is 2.50. The minimum atomic E-state index is -4.33. The van der Waals surface area contributed by atoms with Crippen LogP contribution in [0.5, 0.6) is 0 Å². The summed E-state index contributed by atoms with van der Waals surface area (Å²) in [6, 6.07) is -2.08. The third-order valence-corrected chi connectivity index (χ3v) is 3.83. The van der Waals surface area contributed by atoms with Gasteiger partial charge in [-0.2, -0.15) is 8.78 Å². The fraction of sp³-hybridized carbons (Fsp3) is 0.846. The van der Waals surface area contributed by atoms with Gasteiger partial charge in [-0.3, -0.25) is 9.59 Å². The quantitative estimate of drug-likeness (QED) is 0.763. The van der Waals surface area contributed by atoms with Crippen molar-refractivity contribution < 1.29 is 27.2 Å². The maximum Gasteiger partial charge on any atom is 0.324 e. The van der Waals surface area contributed by atoms with Gasteiger partial charge in [-0.25, -0.2) is 8.78 Å². The molecule has 1 N–H and O–H groups in total. The predicted molar refractivity (Wildman–Crippen MR) is 68.1 cm³/mol. The topological polar surface area (TPSA) is 49.4 Å². The Balaban J connectivity index is 3.04. The first kappa shape index (κ1) is 17.7. The zero-order valence-corrected chi connectivity index (χ0v) is 12.2. The van der Waals surface area contributed by atoms with Gasteiger partial charge in [-0.15, -0.1) is 0 Å². The number of hydrogen-bond acceptors (Lipinski definition) is 2. The van der Waals surface area contributed by atoms with Crippen LogP contribution >= 0.6 is 0 Å². The van der Waals surface area contributed by atoms with Crippen LogP contribution in [0.25, 0.3) is 0 Å². The molecule has 4 nitrogen and oxygen atoms in total. The van der Waals surface area contributed by atoms with Crippen LogP contribution < -0.4 is 5.32 Å². The summed E-state index contributed by atoms with van der Waals surface area (Å²) in [4.78, 5) is 24.8. The number of carbonyl (C=O) groups is 2. The summed E-state index contributed by atoms with van der Waals surface area (Å²) in [6.07, 6.45) is -3.24. The maximum atomic E-state index is 13.3. The van der Waals surface area contributed by atoms with Crippen molar-refractivity contribution in [2.24, 2.45) is 5.92 Å². The van der Waals surface area contributed by atoms with Gasteiger partial charge in [0.25, 0.3) is 0 Å². The summed E-state index contributed by atoms with van der Waals surface area (Å²) in [5.41, 5.74) is 0. The minimum absolute atomic E-state index is 0.0874. The van der Waals surface area contributed by atoms with Crippen LogP contribution in [0.2, 0.25) is 0 Å². The third kappa shape index (κ3) is 3.65. The SMILES string of the molecule is CCC(C)C1NC(=O)C(CC)N(CC(F)(F)C(F)F)C1=O. The number of alkyl halides is 4. The second-order valence-electron chi connectivity index (χ2n) is 5.32. The van der Waals surface area contributed by atoms with Crippen LogP contribution in [0, 0.1) is 5.92 Å². The lowest BCUT2D eigenvalue weighted by Crippen LogP contribution is -2.66. The minimum Gasteiger partial charge on any atom is -0.342 e. The molecule has 21 heavy (non-hydrogen) atoms. The molecule has 8 heteroatoms. The number of carbonyl (C=O) groups excluding carboxylic acids is 2. The van der Waals surface area contributed by atoms with Gasteiger partial charge in [0.2, 0.25) is 11.8 Å². The highest BCUT2D eigenvalue weighted by molar-refractivity contribution is 5.97. The van der Waals surface area contributed by atoms with Gasteiger partial charge in [-0.05, 0) is 12.3 Å². The molecular weight excluding hydrogens is 292 g/mol. The number of piperazine rings is 1. The van der Waals surface area contributed by atoms with E-state index in [0.29, 0.717) is 11.3 Å². The molecule has 1 heterocycles. The van der Waals surface area contributed by atoms with Crippen molar-refractivity contribution in [3.05, 3.63) is 0 Å². The zero-order chi connectivity index (χ0) is 16.4. The van der Waals surface area contributed by atoms with E-state index in [0.717, 1.165) is 0 Å².